The fourth-order valence-electron chi connectivity index (χ4n) is 2.69. The van der Waals surface area contributed by atoms with Gasteiger partial charge in [-0.3, -0.25) is 14.9 Å². The van der Waals surface area contributed by atoms with Crippen molar-refractivity contribution in [2.45, 2.75) is 18.9 Å². The molecule has 144 valence electrons. The van der Waals surface area contributed by atoms with E-state index in [4.69, 9.17) is 15.2 Å². The van der Waals surface area contributed by atoms with Crippen LogP contribution in [-0.4, -0.2) is 31.6 Å². The molecule has 2 aromatic rings. The highest BCUT2D eigenvalue weighted by molar-refractivity contribution is 5.87. The molecule has 8 nitrogen and oxygen atoms in total. The average Bonchev–Trinajstić information content (AvgIpc) is 2.67. The van der Waals surface area contributed by atoms with Crippen molar-refractivity contribution >= 4 is 11.6 Å². The Bertz CT molecular complexity index is 822. The fourth-order valence-corrected chi connectivity index (χ4v) is 2.69. The van der Waals surface area contributed by atoms with Crippen LogP contribution in [0.1, 0.15) is 18.1 Å². The Morgan fingerprint density at radius 1 is 1.19 bits per heavy atom. The van der Waals surface area contributed by atoms with Crippen molar-refractivity contribution in [1.29, 1.82) is 0 Å². The number of ether oxygens (including phenoxy) is 2. The molecule has 1 unspecified atom stereocenters. The standard InChI is InChI=1S/C19H23N3O5/c1-19(20,14-7-5-4-6-8-14)18(23)21-10-9-13-11-16(26-2)17(27-3)12-15(13)22(24)25/h4-8,11-12H,9-10,20H2,1-3H3,(H,21,23). The number of methoxy groups -OCH3 is 2. The first kappa shape index (κ1) is 20.2. The number of nitrogens with zero attached hydrogens (tertiary/aromatic N) is 1. The maximum Gasteiger partial charge on any atom is 0.276 e. The summed E-state index contributed by atoms with van der Waals surface area (Å²) in [6.45, 7) is 1.81. The molecule has 0 heterocycles. The Hall–Kier alpha value is -3.13. The largest absolute Gasteiger partial charge is 0.493 e. The third-order valence-corrected chi connectivity index (χ3v) is 4.31. The lowest BCUT2D eigenvalue weighted by Crippen LogP contribution is -2.49. The number of nitro benzene ring substituents is 1. The van der Waals surface area contributed by atoms with E-state index in [0.29, 0.717) is 16.9 Å². The van der Waals surface area contributed by atoms with Crippen molar-refractivity contribution in [3.05, 3.63) is 63.7 Å². The summed E-state index contributed by atoms with van der Waals surface area (Å²) in [6.07, 6.45) is 0.243. The van der Waals surface area contributed by atoms with E-state index in [0.717, 1.165) is 0 Å². The summed E-state index contributed by atoms with van der Waals surface area (Å²) < 4.78 is 10.3. The number of benzene rings is 2. The van der Waals surface area contributed by atoms with Crippen LogP contribution in [0.4, 0.5) is 5.69 Å². The van der Waals surface area contributed by atoms with E-state index in [-0.39, 0.29) is 30.3 Å². The van der Waals surface area contributed by atoms with E-state index in [1.807, 2.05) is 6.07 Å². The van der Waals surface area contributed by atoms with E-state index in [1.165, 1.54) is 20.3 Å². The quantitative estimate of drug-likeness (QED) is 0.541. The highest BCUT2D eigenvalue weighted by Crippen LogP contribution is 2.34. The Labute approximate surface area is 157 Å². The molecule has 0 fully saturated rings. The molecule has 0 spiro atoms. The molecule has 1 atom stereocenters. The average molecular weight is 373 g/mol. The molecule has 0 saturated carbocycles. The maximum atomic E-state index is 12.5. The summed E-state index contributed by atoms with van der Waals surface area (Å²) >= 11 is 0. The van der Waals surface area contributed by atoms with Crippen LogP contribution in [-0.2, 0) is 16.8 Å². The van der Waals surface area contributed by atoms with Crippen LogP contribution in [0.2, 0.25) is 0 Å². The third-order valence-electron chi connectivity index (χ3n) is 4.31. The fraction of sp³-hybridized carbons (Fsp3) is 0.316. The second-order valence-electron chi connectivity index (χ2n) is 6.17. The number of hydrogen-bond acceptors (Lipinski definition) is 6. The summed E-state index contributed by atoms with van der Waals surface area (Å²) in [6, 6.07) is 11.9. The lowest BCUT2D eigenvalue weighted by atomic mass is 9.92. The SMILES string of the molecule is COc1cc(CCNC(=O)C(C)(N)c2ccccc2)c([N+](=O)[O-])cc1OC. The van der Waals surface area contributed by atoms with Crippen LogP contribution in [0, 0.1) is 10.1 Å². The Balaban J connectivity index is 2.12. The van der Waals surface area contributed by atoms with Gasteiger partial charge in [-0.15, -0.1) is 0 Å². The molecule has 2 aromatic carbocycles. The van der Waals surface area contributed by atoms with Gasteiger partial charge in [0.05, 0.1) is 25.2 Å². The molecule has 0 radical (unpaired) electrons. The van der Waals surface area contributed by atoms with Crippen LogP contribution in [0.3, 0.4) is 0 Å². The zero-order valence-corrected chi connectivity index (χ0v) is 15.5. The lowest BCUT2D eigenvalue weighted by molar-refractivity contribution is -0.385. The number of nitrogens with one attached hydrogen (secondary N) is 1. The first-order valence-corrected chi connectivity index (χ1v) is 8.33. The van der Waals surface area contributed by atoms with Gasteiger partial charge in [0.15, 0.2) is 11.5 Å². The zero-order valence-electron chi connectivity index (χ0n) is 15.5. The number of rotatable bonds is 8. The van der Waals surface area contributed by atoms with Crippen LogP contribution < -0.4 is 20.5 Å². The normalized spacial score (nSPS) is 12.7. The molecule has 0 saturated heterocycles. The van der Waals surface area contributed by atoms with Gasteiger partial charge in [-0.1, -0.05) is 30.3 Å². The first-order chi connectivity index (χ1) is 12.8. The van der Waals surface area contributed by atoms with Gasteiger partial charge < -0.3 is 20.5 Å². The van der Waals surface area contributed by atoms with Gasteiger partial charge in [0, 0.05) is 12.1 Å². The van der Waals surface area contributed by atoms with Gasteiger partial charge in [-0.05, 0) is 25.0 Å². The molecule has 27 heavy (non-hydrogen) atoms. The predicted molar refractivity (Wildman–Crippen MR) is 101 cm³/mol. The predicted octanol–water partition coefficient (Wildman–Crippen LogP) is 2.14. The molecule has 0 aliphatic carbocycles. The van der Waals surface area contributed by atoms with Crippen molar-refractivity contribution in [1.82, 2.24) is 5.32 Å². The maximum absolute atomic E-state index is 12.5. The Morgan fingerprint density at radius 2 is 1.78 bits per heavy atom. The molecule has 0 aliphatic heterocycles. The molecular formula is C19H23N3O5. The lowest BCUT2D eigenvalue weighted by Gasteiger charge is -2.24. The van der Waals surface area contributed by atoms with Crippen molar-refractivity contribution in [3.8, 4) is 11.5 Å². The third kappa shape index (κ3) is 4.53. The molecule has 0 bridgehead atoms. The molecule has 1 amide bonds. The van der Waals surface area contributed by atoms with Gasteiger partial charge in [0.2, 0.25) is 5.91 Å². The zero-order chi connectivity index (χ0) is 20.0. The number of nitro groups is 1. The van der Waals surface area contributed by atoms with Gasteiger partial charge in [-0.25, -0.2) is 0 Å². The summed E-state index contributed by atoms with van der Waals surface area (Å²) in [4.78, 5) is 23.3. The van der Waals surface area contributed by atoms with Crippen molar-refractivity contribution in [3.63, 3.8) is 0 Å². The highest BCUT2D eigenvalue weighted by Gasteiger charge is 2.30. The highest BCUT2D eigenvalue weighted by atomic mass is 16.6. The van der Waals surface area contributed by atoms with E-state index in [2.05, 4.69) is 5.32 Å². The minimum Gasteiger partial charge on any atom is -0.493 e. The number of hydrogen-bond donors (Lipinski definition) is 2. The molecule has 0 aliphatic rings. The summed E-state index contributed by atoms with van der Waals surface area (Å²) in [5, 5.41) is 14.1. The van der Waals surface area contributed by atoms with E-state index in [9.17, 15) is 14.9 Å². The van der Waals surface area contributed by atoms with Crippen LogP contribution in [0.25, 0.3) is 0 Å². The second kappa shape index (κ2) is 8.50. The Morgan fingerprint density at radius 3 is 2.33 bits per heavy atom. The van der Waals surface area contributed by atoms with E-state index in [1.54, 1.807) is 37.3 Å². The van der Waals surface area contributed by atoms with E-state index < -0.39 is 10.5 Å². The number of carbonyl (C=O) groups is 1. The van der Waals surface area contributed by atoms with Gasteiger partial charge >= 0.3 is 0 Å². The smallest absolute Gasteiger partial charge is 0.276 e. The van der Waals surface area contributed by atoms with Crippen LogP contribution >= 0.6 is 0 Å². The molecule has 3 N–H and O–H groups in total. The number of nitrogens with two attached hydrogens (primary N) is 1. The first-order valence-electron chi connectivity index (χ1n) is 8.33. The minimum atomic E-state index is -1.20. The van der Waals surface area contributed by atoms with Gasteiger partial charge in [0.1, 0.15) is 5.54 Å². The van der Waals surface area contributed by atoms with Crippen molar-refractivity contribution < 1.29 is 19.2 Å². The van der Waals surface area contributed by atoms with Crippen molar-refractivity contribution in [2.24, 2.45) is 5.73 Å². The topological polar surface area (TPSA) is 117 Å². The summed E-state index contributed by atoms with van der Waals surface area (Å²) in [5.41, 5.74) is 5.97. The summed E-state index contributed by atoms with van der Waals surface area (Å²) in [7, 11) is 2.86. The number of carbonyl (C=O) groups excluding carboxylic acids is 1. The van der Waals surface area contributed by atoms with Crippen molar-refractivity contribution in [2.75, 3.05) is 20.8 Å². The van der Waals surface area contributed by atoms with E-state index >= 15 is 0 Å². The molecular weight excluding hydrogens is 350 g/mol. The number of amides is 1. The molecule has 8 heteroatoms. The minimum absolute atomic E-state index is 0.0968. The monoisotopic (exact) mass is 373 g/mol. The van der Waals surface area contributed by atoms with Gasteiger partial charge in [0.25, 0.3) is 5.69 Å². The molecule has 2 rings (SSSR count). The Kier molecular flexibility index (Phi) is 6.36. The summed E-state index contributed by atoms with van der Waals surface area (Å²) in [5.74, 6) is 0.296. The van der Waals surface area contributed by atoms with Crippen LogP contribution in [0.5, 0.6) is 11.5 Å². The van der Waals surface area contributed by atoms with Crippen LogP contribution in [0.15, 0.2) is 42.5 Å². The second-order valence-corrected chi connectivity index (χ2v) is 6.17. The van der Waals surface area contributed by atoms with Gasteiger partial charge in [-0.2, -0.15) is 0 Å². The molecule has 0 aromatic heterocycles.